The monoisotopic (exact) mass is 262 g/mol. The molecule has 0 bridgehead atoms. The molecule has 1 saturated heterocycles. The molecule has 0 aromatic heterocycles. The Balaban J connectivity index is 1.91. The fraction of sp³-hybridized carbons (Fsp3) is 0.533. The summed E-state index contributed by atoms with van der Waals surface area (Å²) in [5.41, 5.74) is 2.97. The van der Waals surface area contributed by atoms with Crippen LogP contribution in [0.1, 0.15) is 24.5 Å². The van der Waals surface area contributed by atoms with Crippen molar-refractivity contribution in [2.75, 3.05) is 25.0 Å². The Morgan fingerprint density at radius 3 is 2.68 bits per heavy atom. The highest BCUT2D eigenvalue weighted by Gasteiger charge is 2.24. The summed E-state index contributed by atoms with van der Waals surface area (Å²) >= 11 is 0. The van der Waals surface area contributed by atoms with Crippen molar-refractivity contribution >= 4 is 11.8 Å². The van der Waals surface area contributed by atoms with E-state index in [4.69, 9.17) is 4.74 Å². The molecule has 1 heterocycles. The molecule has 1 aliphatic heterocycles. The van der Waals surface area contributed by atoms with Gasteiger partial charge < -0.3 is 4.74 Å². The van der Waals surface area contributed by atoms with Crippen molar-refractivity contribution in [3.8, 4) is 0 Å². The summed E-state index contributed by atoms with van der Waals surface area (Å²) in [4.78, 5) is 14.2. The quantitative estimate of drug-likeness (QED) is 0.910. The van der Waals surface area contributed by atoms with E-state index in [2.05, 4.69) is 17.1 Å². The second-order valence-electron chi connectivity index (χ2n) is 5.10. The normalized spacial score (nSPS) is 19.4. The topological polar surface area (TPSA) is 41.6 Å². The third-order valence-corrected chi connectivity index (χ3v) is 3.66. The molecule has 4 heteroatoms. The van der Waals surface area contributed by atoms with Gasteiger partial charge >= 0.3 is 6.09 Å². The lowest BCUT2D eigenvalue weighted by molar-refractivity contribution is 0.114. The predicted molar refractivity (Wildman–Crippen MR) is 76.5 cm³/mol. The van der Waals surface area contributed by atoms with Gasteiger partial charge in [-0.15, -0.1) is 0 Å². The van der Waals surface area contributed by atoms with E-state index in [9.17, 15) is 4.79 Å². The maximum atomic E-state index is 11.9. The molecular formula is C15H22N2O2. The number of likely N-dealkylation sites (tertiary alicyclic amines) is 1. The molecule has 0 radical (unpaired) electrons. The molecule has 104 valence electrons. The number of benzene rings is 1. The first-order chi connectivity index (χ1) is 9.10. The number of anilines is 1. The van der Waals surface area contributed by atoms with Crippen LogP contribution in [-0.4, -0.2) is 36.7 Å². The van der Waals surface area contributed by atoms with E-state index >= 15 is 0 Å². The fourth-order valence-corrected chi connectivity index (χ4v) is 2.48. The van der Waals surface area contributed by atoms with Crippen LogP contribution in [0, 0.1) is 13.8 Å². The molecule has 0 aliphatic carbocycles. The van der Waals surface area contributed by atoms with Crippen molar-refractivity contribution in [3.05, 3.63) is 29.3 Å². The molecule has 2 rings (SSSR count). The van der Waals surface area contributed by atoms with Crippen molar-refractivity contribution in [3.63, 3.8) is 0 Å². The van der Waals surface area contributed by atoms with Gasteiger partial charge in [0.25, 0.3) is 0 Å². The zero-order chi connectivity index (χ0) is 13.8. The summed E-state index contributed by atoms with van der Waals surface area (Å²) < 4.78 is 5.47. The van der Waals surface area contributed by atoms with Gasteiger partial charge in [-0.05, 0) is 37.9 Å². The smallest absolute Gasteiger partial charge is 0.411 e. The highest BCUT2D eigenvalue weighted by Crippen LogP contribution is 2.20. The number of nitrogens with zero attached hydrogens (tertiary/aromatic N) is 1. The summed E-state index contributed by atoms with van der Waals surface area (Å²) in [7, 11) is 0. The Morgan fingerprint density at radius 2 is 2.11 bits per heavy atom. The zero-order valence-corrected chi connectivity index (χ0v) is 11.9. The maximum absolute atomic E-state index is 11.9. The highest BCUT2D eigenvalue weighted by atomic mass is 16.6. The minimum Gasteiger partial charge on any atom is -0.445 e. The van der Waals surface area contributed by atoms with Crippen LogP contribution < -0.4 is 5.32 Å². The number of ether oxygens (including phenoxy) is 1. The average molecular weight is 262 g/mol. The first kappa shape index (κ1) is 13.9. The molecule has 19 heavy (non-hydrogen) atoms. The van der Waals surface area contributed by atoms with Gasteiger partial charge in [-0.25, -0.2) is 4.79 Å². The lowest BCUT2D eigenvalue weighted by Crippen LogP contribution is -2.27. The minimum atomic E-state index is -0.347. The van der Waals surface area contributed by atoms with Crippen LogP contribution in [0.2, 0.25) is 0 Å². The summed E-state index contributed by atoms with van der Waals surface area (Å²) in [5.74, 6) is 0. The lowest BCUT2D eigenvalue weighted by atomic mass is 10.1. The van der Waals surface area contributed by atoms with Crippen molar-refractivity contribution in [2.45, 2.75) is 33.3 Å². The van der Waals surface area contributed by atoms with Gasteiger partial charge in [0.2, 0.25) is 0 Å². The minimum absolute atomic E-state index is 0.0178. The molecule has 1 aliphatic rings. The molecule has 1 atom stereocenters. The molecule has 4 nitrogen and oxygen atoms in total. The van der Waals surface area contributed by atoms with Crippen molar-refractivity contribution < 1.29 is 9.53 Å². The number of carbonyl (C=O) groups excluding carboxylic acids is 1. The molecule has 1 aromatic rings. The van der Waals surface area contributed by atoms with E-state index in [-0.39, 0.29) is 12.2 Å². The van der Waals surface area contributed by atoms with Crippen molar-refractivity contribution in [2.24, 2.45) is 0 Å². The standard InChI is InChI=1S/C15H22N2O2/c1-4-17-9-8-13(10-17)19-15(18)16-14-11(2)6-5-7-12(14)3/h5-7,13H,4,8-10H2,1-3H3,(H,16,18)/t13-/m1/s1. The Morgan fingerprint density at radius 1 is 1.42 bits per heavy atom. The van der Waals surface area contributed by atoms with Crippen LogP contribution in [0.25, 0.3) is 0 Å². The molecule has 0 unspecified atom stereocenters. The van der Waals surface area contributed by atoms with E-state index < -0.39 is 0 Å². The molecular weight excluding hydrogens is 240 g/mol. The molecule has 0 saturated carbocycles. The molecule has 1 fully saturated rings. The SMILES string of the molecule is CCN1CC[C@@H](OC(=O)Nc2c(C)cccc2C)C1. The number of rotatable bonds is 3. The Kier molecular flexibility index (Phi) is 4.43. The highest BCUT2D eigenvalue weighted by molar-refractivity contribution is 5.86. The van der Waals surface area contributed by atoms with Crippen molar-refractivity contribution in [1.82, 2.24) is 4.90 Å². The predicted octanol–water partition coefficient (Wildman–Crippen LogP) is 2.95. The largest absolute Gasteiger partial charge is 0.445 e. The summed E-state index contributed by atoms with van der Waals surface area (Å²) in [6.07, 6.45) is 0.596. The van der Waals surface area contributed by atoms with E-state index in [0.717, 1.165) is 42.9 Å². The Hall–Kier alpha value is -1.55. The number of carbonyl (C=O) groups is 1. The van der Waals surface area contributed by atoms with Gasteiger partial charge in [-0.3, -0.25) is 10.2 Å². The zero-order valence-electron chi connectivity index (χ0n) is 11.9. The van der Waals surface area contributed by atoms with Gasteiger partial charge in [-0.2, -0.15) is 0 Å². The summed E-state index contributed by atoms with van der Waals surface area (Å²) in [6.45, 7) is 8.96. The number of amides is 1. The van der Waals surface area contributed by atoms with Gasteiger partial charge in [0.05, 0.1) is 0 Å². The number of nitrogens with one attached hydrogen (secondary N) is 1. The van der Waals surface area contributed by atoms with Crippen LogP contribution in [0.4, 0.5) is 10.5 Å². The Bertz CT molecular complexity index is 439. The van der Waals surface area contributed by atoms with Crippen LogP contribution in [-0.2, 0) is 4.74 Å². The summed E-state index contributed by atoms with van der Waals surface area (Å²) in [5, 5.41) is 2.86. The average Bonchev–Trinajstić information content (AvgIpc) is 2.81. The maximum Gasteiger partial charge on any atom is 0.411 e. The lowest BCUT2D eigenvalue weighted by Gasteiger charge is -2.16. The van der Waals surface area contributed by atoms with Crippen LogP contribution >= 0.6 is 0 Å². The van der Waals surface area contributed by atoms with Crippen molar-refractivity contribution in [1.29, 1.82) is 0 Å². The molecule has 0 spiro atoms. The summed E-state index contributed by atoms with van der Waals surface area (Å²) in [6, 6.07) is 5.95. The van der Waals surface area contributed by atoms with E-state index in [1.54, 1.807) is 0 Å². The first-order valence-electron chi connectivity index (χ1n) is 6.86. The third-order valence-electron chi connectivity index (χ3n) is 3.66. The first-order valence-corrected chi connectivity index (χ1v) is 6.86. The van der Waals surface area contributed by atoms with Crippen LogP contribution in [0.15, 0.2) is 18.2 Å². The molecule has 1 N–H and O–H groups in total. The van der Waals surface area contributed by atoms with Crippen LogP contribution in [0.5, 0.6) is 0 Å². The van der Waals surface area contributed by atoms with Gasteiger partial charge in [0, 0.05) is 18.8 Å². The van der Waals surface area contributed by atoms with E-state index in [1.165, 1.54) is 0 Å². The third kappa shape index (κ3) is 3.47. The number of likely N-dealkylation sites (N-methyl/N-ethyl adjacent to an activating group) is 1. The second-order valence-corrected chi connectivity index (χ2v) is 5.10. The second kappa shape index (κ2) is 6.06. The van der Waals surface area contributed by atoms with E-state index in [0.29, 0.717) is 0 Å². The van der Waals surface area contributed by atoms with Crippen LogP contribution in [0.3, 0.4) is 0 Å². The molecule has 1 amide bonds. The number of hydrogen-bond donors (Lipinski definition) is 1. The fourth-order valence-electron chi connectivity index (χ4n) is 2.48. The van der Waals surface area contributed by atoms with Gasteiger partial charge in [0.15, 0.2) is 0 Å². The number of aryl methyl sites for hydroxylation is 2. The molecule has 1 aromatic carbocycles. The Labute approximate surface area is 114 Å². The number of para-hydroxylation sites is 1. The number of hydrogen-bond acceptors (Lipinski definition) is 3. The van der Waals surface area contributed by atoms with Gasteiger partial charge in [-0.1, -0.05) is 25.1 Å². The van der Waals surface area contributed by atoms with E-state index in [1.807, 2.05) is 32.0 Å². The van der Waals surface area contributed by atoms with Gasteiger partial charge in [0.1, 0.15) is 6.10 Å².